The number of methoxy groups -OCH3 is 1. The fourth-order valence-electron chi connectivity index (χ4n) is 4.02. The summed E-state index contributed by atoms with van der Waals surface area (Å²) in [5.41, 5.74) is 1.39. The van der Waals surface area contributed by atoms with Crippen molar-refractivity contribution in [3.8, 4) is 5.75 Å². The van der Waals surface area contributed by atoms with E-state index in [1.54, 1.807) is 31.4 Å². The maximum Gasteiger partial charge on any atom is 0.262 e. The van der Waals surface area contributed by atoms with Crippen molar-refractivity contribution in [1.29, 1.82) is 0 Å². The molecule has 1 fully saturated rings. The van der Waals surface area contributed by atoms with Gasteiger partial charge in [-0.05, 0) is 43.2 Å². The average molecular weight is 452 g/mol. The molecule has 32 heavy (non-hydrogen) atoms. The number of imide groups is 1. The summed E-state index contributed by atoms with van der Waals surface area (Å²) in [5.74, 6) is -0.577. The normalized spacial score (nSPS) is 17.8. The van der Waals surface area contributed by atoms with Gasteiger partial charge in [0.05, 0.1) is 41.1 Å². The van der Waals surface area contributed by atoms with Gasteiger partial charge in [-0.15, -0.1) is 0 Å². The number of fused-ring (bicyclic) bond motifs is 2. The molecule has 1 aromatic heterocycles. The van der Waals surface area contributed by atoms with Gasteiger partial charge in [0.2, 0.25) is 5.91 Å². The van der Waals surface area contributed by atoms with Crippen LogP contribution in [0.3, 0.4) is 0 Å². The van der Waals surface area contributed by atoms with Gasteiger partial charge >= 0.3 is 0 Å². The van der Waals surface area contributed by atoms with E-state index in [0.29, 0.717) is 35.2 Å². The molecular formula is C23H21N3O5S. The Balaban J connectivity index is 1.44. The Labute approximate surface area is 188 Å². The van der Waals surface area contributed by atoms with Gasteiger partial charge in [0, 0.05) is 6.61 Å². The Morgan fingerprint density at radius 2 is 1.97 bits per heavy atom. The molecule has 2 aliphatic rings. The van der Waals surface area contributed by atoms with Gasteiger partial charge in [0.15, 0.2) is 5.13 Å². The third kappa shape index (κ3) is 3.63. The minimum absolute atomic E-state index is 0.109. The molecule has 2 aromatic carbocycles. The van der Waals surface area contributed by atoms with Crippen LogP contribution in [0.15, 0.2) is 42.5 Å². The minimum atomic E-state index is -0.454. The first kappa shape index (κ1) is 20.6. The molecular weight excluding hydrogens is 430 g/mol. The predicted octanol–water partition coefficient (Wildman–Crippen LogP) is 3.11. The number of aromatic nitrogens is 1. The number of thiazole rings is 1. The van der Waals surface area contributed by atoms with Crippen molar-refractivity contribution >= 4 is 44.4 Å². The van der Waals surface area contributed by atoms with E-state index in [1.165, 1.54) is 16.2 Å². The van der Waals surface area contributed by atoms with Crippen LogP contribution < -0.4 is 9.64 Å². The van der Waals surface area contributed by atoms with Crippen LogP contribution in [0.4, 0.5) is 5.13 Å². The number of anilines is 1. The zero-order chi connectivity index (χ0) is 22.2. The van der Waals surface area contributed by atoms with Crippen molar-refractivity contribution in [2.45, 2.75) is 18.9 Å². The first-order valence-electron chi connectivity index (χ1n) is 10.4. The van der Waals surface area contributed by atoms with Crippen LogP contribution in [0.2, 0.25) is 0 Å². The van der Waals surface area contributed by atoms with E-state index in [0.717, 1.165) is 28.0 Å². The van der Waals surface area contributed by atoms with Crippen LogP contribution in [0.1, 0.15) is 33.6 Å². The quantitative estimate of drug-likeness (QED) is 0.535. The molecule has 1 atom stereocenters. The van der Waals surface area contributed by atoms with Crippen LogP contribution in [0, 0.1) is 0 Å². The molecule has 8 nitrogen and oxygen atoms in total. The van der Waals surface area contributed by atoms with E-state index in [-0.39, 0.29) is 18.6 Å². The molecule has 164 valence electrons. The van der Waals surface area contributed by atoms with E-state index in [2.05, 4.69) is 4.98 Å². The summed E-state index contributed by atoms with van der Waals surface area (Å²) in [4.78, 5) is 46.0. The minimum Gasteiger partial charge on any atom is -0.497 e. The standard InChI is InChI=1S/C23H21N3O5S/c1-30-14-8-9-18-19(11-14)32-23(24-18)25(12-15-5-4-10-31-15)20(27)13-26-21(28)16-6-2-3-7-17(16)22(26)29/h2-3,6-9,11,15H,4-5,10,12-13H2,1H3. The topological polar surface area (TPSA) is 89.0 Å². The molecule has 0 radical (unpaired) electrons. The van der Waals surface area contributed by atoms with Crippen LogP contribution in [-0.2, 0) is 9.53 Å². The number of ether oxygens (including phenoxy) is 2. The smallest absolute Gasteiger partial charge is 0.262 e. The number of nitrogens with zero attached hydrogens (tertiary/aromatic N) is 3. The number of carbonyl (C=O) groups is 3. The molecule has 0 aliphatic carbocycles. The predicted molar refractivity (Wildman–Crippen MR) is 119 cm³/mol. The SMILES string of the molecule is COc1ccc2nc(N(CC3CCCO3)C(=O)CN3C(=O)c4ccccc4C3=O)sc2c1. The molecule has 0 bridgehead atoms. The summed E-state index contributed by atoms with van der Waals surface area (Å²) in [5, 5.41) is 0.505. The maximum absolute atomic E-state index is 13.4. The molecule has 3 heterocycles. The lowest BCUT2D eigenvalue weighted by atomic mass is 10.1. The van der Waals surface area contributed by atoms with Gasteiger partial charge in [-0.1, -0.05) is 23.5 Å². The summed E-state index contributed by atoms with van der Waals surface area (Å²) >= 11 is 1.36. The summed E-state index contributed by atoms with van der Waals surface area (Å²) in [6.07, 6.45) is 1.67. The number of hydrogen-bond donors (Lipinski definition) is 0. The van der Waals surface area contributed by atoms with Crippen molar-refractivity contribution in [3.63, 3.8) is 0 Å². The van der Waals surface area contributed by atoms with Crippen LogP contribution in [-0.4, -0.2) is 60.5 Å². The molecule has 9 heteroatoms. The Morgan fingerprint density at radius 3 is 2.62 bits per heavy atom. The molecule has 0 saturated carbocycles. The highest BCUT2D eigenvalue weighted by molar-refractivity contribution is 7.22. The van der Waals surface area contributed by atoms with Crippen LogP contribution in [0.25, 0.3) is 10.2 Å². The number of rotatable bonds is 6. The van der Waals surface area contributed by atoms with Gasteiger partial charge in [-0.25, -0.2) is 4.98 Å². The van der Waals surface area contributed by atoms with Gasteiger partial charge in [-0.2, -0.15) is 0 Å². The van der Waals surface area contributed by atoms with Crippen molar-refractivity contribution in [3.05, 3.63) is 53.6 Å². The van der Waals surface area contributed by atoms with Gasteiger partial charge in [0.1, 0.15) is 12.3 Å². The van der Waals surface area contributed by atoms with Gasteiger partial charge < -0.3 is 9.47 Å². The highest BCUT2D eigenvalue weighted by Gasteiger charge is 2.38. The third-order valence-electron chi connectivity index (χ3n) is 5.70. The largest absolute Gasteiger partial charge is 0.497 e. The average Bonchev–Trinajstić information content (AvgIpc) is 3.53. The first-order valence-corrected chi connectivity index (χ1v) is 11.2. The second-order valence-electron chi connectivity index (χ2n) is 7.71. The number of carbonyl (C=O) groups excluding carboxylic acids is 3. The Kier molecular flexibility index (Phi) is 5.36. The Bertz CT molecular complexity index is 1180. The Morgan fingerprint density at radius 1 is 1.22 bits per heavy atom. The summed E-state index contributed by atoms with van der Waals surface area (Å²) in [7, 11) is 1.60. The lowest BCUT2D eigenvalue weighted by molar-refractivity contribution is -0.119. The van der Waals surface area contributed by atoms with Gasteiger partial charge in [-0.3, -0.25) is 24.2 Å². The van der Waals surface area contributed by atoms with Gasteiger partial charge in [0.25, 0.3) is 11.8 Å². The van der Waals surface area contributed by atoms with E-state index >= 15 is 0 Å². The van der Waals surface area contributed by atoms with Crippen LogP contribution >= 0.6 is 11.3 Å². The summed E-state index contributed by atoms with van der Waals surface area (Å²) in [6.45, 7) is 0.624. The fraction of sp³-hybridized carbons (Fsp3) is 0.304. The summed E-state index contributed by atoms with van der Waals surface area (Å²) in [6, 6.07) is 12.1. The van der Waals surface area contributed by atoms with Crippen molar-refractivity contribution in [1.82, 2.24) is 9.88 Å². The number of hydrogen-bond acceptors (Lipinski definition) is 7. The molecule has 3 amide bonds. The van der Waals surface area contributed by atoms with E-state index in [4.69, 9.17) is 9.47 Å². The number of amides is 3. The third-order valence-corrected chi connectivity index (χ3v) is 6.74. The molecule has 0 N–H and O–H groups in total. The second-order valence-corrected chi connectivity index (χ2v) is 8.72. The van der Waals surface area contributed by atoms with E-state index < -0.39 is 11.8 Å². The fourth-order valence-corrected chi connectivity index (χ4v) is 5.04. The monoisotopic (exact) mass is 451 g/mol. The molecule has 5 rings (SSSR count). The maximum atomic E-state index is 13.4. The van der Waals surface area contributed by atoms with Crippen molar-refractivity contribution < 1.29 is 23.9 Å². The second kappa shape index (κ2) is 8.33. The number of benzene rings is 2. The first-order chi connectivity index (χ1) is 15.5. The molecule has 2 aliphatic heterocycles. The zero-order valence-electron chi connectivity index (χ0n) is 17.4. The van der Waals surface area contributed by atoms with E-state index in [1.807, 2.05) is 18.2 Å². The zero-order valence-corrected chi connectivity index (χ0v) is 18.3. The lowest BCUT2D eigenvalue weighted by Gasteiger charge is -2.25. The molecule has 1 saturated heterocycles. The highest BCUT2D eigenvalue weighted by Crippen LogP contribution is 2.33. The van der Waals surface area contributed by atoms with Crippen LogP contribution in [0.5, 0.6) is 5.75 Å². The Hall–Kier alpha value is -3.30. The molecule has 1 unspecified atom stereocenters. The van der Waals surface area contributed by atoms with Crippen molar-refractivity contribution in [2.24, 2.45) is 0 Å². The molecule has 0 spiro atoms. The highest BCUT2D eigenvalue weighted by atomic mass is 32.1. The van der Waals surface area contributed by atoms with Crippen molar-refractivity contribution in [2.75, 3.05) is 31.7 Å². The lowest BCUT2D eigenvalue weighted by Crippen LogP contribution is -2.45. The molecule has 3 aromatic rings. The summed E-state index contributed by atoms with van der Waals surface area (Å²) < 4.78 is 11.9. The van der Waals surface area contributed by atoms with E-state index in [9.17, 15) is 14.4 Å².